The predicted octanol–water partition coefficient (Wildman–Crippen LogP) is 2.66. The van der Waals surface area contributed by atoms with Crippen molar-refractivity contribution in [1.29, 1.82) is 0 Å². The number of alkyl halides is 3. The SMILES string of the molecule is O=C(NCCc1ccc(C(F)(F)F)cc1)c1cnn2c1OCCC2. The normalized spacial score (nSPS) is 14.0. The molecule has 0 fully saturated rings. The highest BCUT2D eigenvalue weighted by molar-refractivity contribution is 5.96. The minimum Gasteiger partial charge on any atom is -0.477 e. The van der Waals surface area contributed by atoms with Gasteiger partial charge in [0.25, 0.3) is 5.91 Å². The molecule has 2 heterocycles. The Hall–Kier alpha value is -2.51. The van der Waals surface area contributed by atoms with E-state index in [1.165, 1.54) is 18.3 Å². The zero-order chi connectivity index (χ0) is 17.2. The lowest BCUT2D eigenvalue weighted by Gasteiger charge is -2.15. The molecule has 24 heavy (non-hydrogen) atoms. The zero-order valence-corrected chi connectivity index (χ0v) is 12.8. The third kappa shape index (κ3) is 3.52. The number of benzene rings is 1. The Morgan fingerprint density at radius 1 is 1.29 bits per heavy atom. The Bertz CT molecular complexity index is 723. The molecule has 8 heteroatoms. The molecule has 1 N–H and O–H groups in total. The Balaban J connectivity index is 1.55. The highest BCUT2D eigenvalue weighted by atomic mass is 19.4. The van der Waals surface area contributed by atoms with Gasteiger partial charge in [0.05, 0.1) is 18.4 Å². The molecular weight excluding hydrogens is 323 g/mol. The van der Waals surface area contributed by atoms with Crippen LogP contribution in [0, 0.1) is 0 Å². The minimum absolute atomic E-state index is 0.301. The smallest absolute Gasteiger partial charge is 0.416 e. The fourth-order valence-electron chi connectivity index (χ4n) is 2.50. The van der Waals surface area contributed by atoms with Crippen LogP contribution in [0.4, 0.5) is 13.2 Å². The number of carbonyl (C=O) groups is 1. The van der Waals surface area contributed by atoms with Crippen molar-refractivity contribution in [1.82, 2.24) is 15.1 Å². The monoisotopic (exact) mass is 339 g/mol. The quantitative estimate of drug-likeness (QED) is 0.932. The van der Waals surface area contributed by atoms with Crippen LogP contribution in [-0.4, -0.2) is 28.8 Å². The molecule has 0 saturated heterocycles. The van der Waals surface area contributed by atoms with Crippen molar-refractivity contribution in [2.45, 2.75) is 25.6 Å². The number of halogens is 3. The molecule has 1 aliphatic heterocycles. The summed E-state index contributed by atoms with van der Waals surface area (Å²) in [5.74, 6) is 0.165. The second-order valence-corrected chi connectivity index (χ2v) is 5.49. The fraction of sp³-hybridized carbons (Fsp3) is 0.375. The Morgan fingerprint density at radius 3 is 2.75 bits per heavy atom. The maximum atomic E-state index is 12.5. The van der Waals surface area contributed by atoms with Crippen LogP contribution in [-0.2, 0) is 19.1 Å². The number of hydrogen-bond acceptors (Lipinski definition) is 3. The van der Waals surface area contributed by atoms with Crippen LogP contribution in [0.15, 0.2) is 30.5 Å². The highest BCUT2D eigenvalue weighted by Crippen LogP contribution is 2.29. The van der Waals surface area contributed by atoms with Crippen molar-refractivity contribution < 1.29 is 22.7 Å². The van der Waals surface area contributed by atoms with Gasteiger partial charge in [-0.05, 0) is 24.1 Å². The predicted molar refractivity (Wildman–Crippen MR) is 79.8 cm³/mol. The van der Waals surface area contributed by atoms with Crippen molar-refractivity contribution in [3.8, 4) is 5.88 Å². The number of amides is 1. The van der Waals surface area contributed by atoms with Crippen molar-refractivity contribution >= 4 is 5.91 Å². The molecule has 1 aromatic carbocycles. The van der Waals surface area contributed by atoms with Gasteiger partial charge < -0.3 is 10.1 Å². The molecule has 0 saturated carbocycles. The van der Waals surface area contributed by atoms with E-state index < -0.39 is 11.7 Å². The van der Waals surface area contributed by atoms with Crippen LogP contribution < -0.4 is 10.1 Å². The first-order chi connectivity index (χ1) is 11.4. The maximum absolute atomic E-state index is 12.5. The summed E-state index contributed by atoms with van der Waals surface area (Å²) in [4.78, 5) is 12.2. The number of fused-ring (bicyclic) bond motifs is 1. The van der Waals surface area contributed by atoms with Gasteiger partial charge in [0.2, 0.25) is 5.88 Å². The third-order valence-electron chi connectivity index (χ3n) is 3.77. The number of aromatic nitrogens is 2. The van der Waals surface area contributed by atoms with Gasteiger partial charge in [-0.1, -0.05) is 12.1 Å². The van der Waals surface area contributed by atoms with Crippen LogP contribution in [0.5, 0.6) is 5.88 Å². The minimum atomic E-state index is -4.34. The number of ether oxygens (including phenoxy) is 1. The van der Waals surface area contributed by atoms with Crippen LogP contribution in [0.25, 0.3) is 0 Å². The van der Waals surface area contributed by atoms with Gasteiger partial charge in [-0.15, -0.1) is 0 Å². The zero-order valence-electron chi connectivity index (χ0n) is 12.8. The van der Waals surface area contributed by atoms with Crippen molar-refractivity contribution in [3.63, 3.8) is 0 Å². The van der Waals surface area contributed by atoms with E-state index in [4.69, 9.17) is 4.74 Å². The van der Waals surface area contributed by atoms with E-state index in [9.17, 15) is 18.0 Å². The lowest BCUT2D eigenvalue weighted by molar-refractivity contribution is -0.137. The van der Waals surface area contributed by atoms with E-state index in [2.05, 4.69) is 10.4 Å². The summed E-state index contributed by atoms with van der Waals surface area (Å²) in [6.07, 6.45) is -1.58. The number of hydrogen-bond donors (Lipinski definition) is 1. The lowest BCUT2D eigenvalue weighted by atomic mass is 10.1. The molecule has 1 amide bonds. The highest BCUT2D eigenvalue weighted by Gasteiger charge is 2.29. The molecule has 0 bridgehead atoms. The summed E-state index contributed by atoms with van der Waals surface area (Å²) in [5.41, 5.74) is 0.414. The summed E-state index contributed by atoms with van der Waals surface area (Å²) in [7, 11) is 0. The second-order valence-electron chi connectivity index (χ2n) is 5.49. The van der Waals surface area contributed by atoms with Crippen molar-refractivity contribution in [2.24, 2.45) is 0 Å². The molecular formula is C16H16F3N3O2. The summed E-state index contributed by atoms with van der Waals surface area (Å²) in [5, 5.41) is 6.84. The fourth-order valence-corrected chi connectivity index (χ4v) is 2.50. The molecule has 3 rings (SSSR count). The van der Waals surface area contributed by atoms with Gasteiger partial charge in [0.1, 0.15) is 5.56 Å². The standard InChI is InChI=1S/C16H16F3N3O2/c17-16(18,19)12-4-2-11(3-5-12)6-7-20-14(23)13-10-21-22-8-1-9-24-15(13)22/h2-5,10H,1,6-9H2,(H,20,23). The van der Waals surface area contributed by atoms with Gasteiger partial charge in [0.15, 0.2) is 0 Å². The van der Waals surface area contributed by atoms with E-state index >= 15 is 0 Å². The number of carbonyl (C=O) groups excluding carboxylic acids is 1. The van der Waals surface area contributed by atoms with E-state index in [1.54, 1.807) is 4.68 Å². The largest absolute Gasteiger partial charge is 0.477 e. The van der Waals surface area contributed by atoms with E-state index in [-0.39, 0.29) is 5.91 Å². The topological polar surface area (TPSA) is 56.2 Å². The van der Waals surface area contributed by atoms with Crippen LogP contribution in [0.1, 0.15) is 27.9 Å². The Kier molecular flexibility index (Phi) is 4.46. The third-order valence-corrected chi connectivity index (χ3v) is 3.77. The first kappa shape index (κ1) is 16.4. The van der Waals surface area contributed by atoms with Crippen molar-refractivity contribution in [3.05, 3.63) is 47.2 Å². The Labute approximate surface area is 136 Å². The summed E-state index contributed by atoms with van der Waals surface area (Å²) in [6, 6.07) is 4.91. The van der Waals surface area contributed by atoms with Crippen LogP contribution >= 0.6 is 0 Å². The van der Waals surface area contributed by atoms with E-state index in [1.807, 2.05) is 0 Å². The van der Waals surface area contributed by atoms with Crippen molar-refractivity contribution in [2.75, 3.05) is 13.2 Å². The van der Waals surface area contributed by atoms with E-state index in [0.717, 1.165) is 24.1 Å². The number of nitrogens with one attached hydrogen (secondary N) is 1. The second kappa shape index (κ2) is 6.54. The lowest BCUT2D eigenvalue weighted by Crippen LogP contribution is -2.26. The van der Waals surface area contributed by atoms with Gasteiger partial charge >= 0.3 is 6.18 Å². The molecule has 0 aliphatic carbocycles. The average Bonchev–Trinajstić information content (AvgIpc) is 2.98. The maximum Gasteiger partial charge on any atom is 0.416 e. The number of rotatable bonds is 4. The summed E-state index contributed by atoms with van der Waals surface area (Å²) in [6.45, 7) is 1.58. The Morgan fingerprint density at radius 2 is 2.04 bits per heavy atom. The molecule has 0 spiro atoms. The molecule has 0 unspecified atom stereocenters. The molecule has 1 aliphatic rings. The van der Waals surface area contributed by atoms with Gasteiger partial charge in [-0.3, -0.25) is 4.79 Å². The summed E-state index contributed by atoms with van der Waals surface area (Å²) >= 11 is 0. The van der Waals surface area contributed by atoms with Crippen LogP contribution in [0.3, 0.4) is 0 Å². The summed E-state index contributed by atoms with van der Waals surface area (Å²) < 4.78 is 44.6. The molecule has 1 aromatic heterocycles. The molecule has 128 valence electrons. The molecule has 0 atom stereocenters. The van der Waals surface area contributed by atoms with Crippen LogP contribution in [0.2, 0.25) is 0 Å². The van der Waals surface area contributed by atoms with Gasteiger partial charge in [0, 0.05) is 19.5 Å². The number of aryl methyl sites for hydroxylation is 1. The average molecular weight is 339 g/mol. The number of nitrogens with zero attached hydrogens (tertiary/aromatic N) is 2. The molecule has 0 radical (unpaired) electrons. The van der Waals surface area contributed by atoms with Gasteiger partial charge in [-0.2, -0.15) is 18.3 Å². The first-order valence-electron chi connectivity index (χ1n) is 7.58. The van der Waals surface area contributed by atoms with Gasteiger partial charge in [-0.25, -0.2) is 4.68 Å². The molecule has 2 aromatic rings. The first-order valence-corrected chi connectivity index (χ1v) is 7.58. The molecule has 5 nitrogen and oxygen atoms in total. The van der Waals surface area contributed by atoms with E-state index in [0.29, 0.717) is 37.6 Å².